The van der Waals surface area contributed by atoms with Gasteiger partial charge in [0.2, 0.25) is 0 Å². The van der Waals surface area contributed by atoms with Gasteiger partial charge in [0.15, 0.2) is 0 Å². The zero-order valence-electron chi connectivity index (χ0n) is 10.3. The quantitative estimate of drug-likeness (QED) is 0.872. The molecule has 1 aliphatic rings. The van der Waals surface area contributed by atoms with E-state index in [9.17, 15) is 9.90 Å². The maximum Gasteiger partial charge on any atom is 0.306 e. The van der Waals surface area contributed by atoms with E-state index in [2.05, 4.69) is 5.10 Å². The molecule has 0 radical (unpaired) electrons. The molecule has 4 heteroatoms. The highest BCUT2D eigenvalue weighted by Gasteiger charge is 2.30. The molecule has 1 aromatic heterocycles. The second-order valence-electron chi connectivity index (χ2n) is 4.97. The number of aliphatic carboxylic acids is 1. The van der Waals surface area contributed by atoms with Crippen LogP contribution in [-0.4, -0.2) is 20.9 Å². The largest absolute Gasteiger partial charge is 0.481 e. The molecule has 2 unspecified atom stereocenters. The van der Waals surface area contributed by atoms with Gasteiger partial charge < -0.3 is 5.11 Å². The molecule has 1 fully saturated rings. The van der Waals surface area contributed by atoms with Crippen molar-refractivity contribution >= 4 is 5.97 Å². The second kappa shape index (κ2) is 5.34. The number of carboxylic acid groups (broad SMARTS) is 1. The molecule has 1 saturated carbocycles. The number of hydrogen-bond acceptors (Lipinski definition) is 2. The minimum atomic E-state index is -0.611. The van der Waals surface area contributed by atoms with Gasteiger partial charge >= 0.3 is 5.97 Å². The van der Waals surface area contributed by atoms with Gasteiger partial charge in [-0.3, -0.25) is 9.48 Å². The molecule has 94 valence electrons. The minimum absolute atomic E-state index is 0.128. The van der Waals surface area contributed by atoms with Gasteiger partial charge in [-0.05, 0) is 37.7 Å². The van der Waals surface area contributed by atoms with Crippen molar-refractivity contribution in [3.8, 4) is 0 Å². The fraction of sp³-hybridized carbons (Fsp3) is 0.692. The Kier molecular flexibility index (Phi) is 3.82. The summed E-state index contributed by atoms with van der Waals surface area (Å²) in [4.78, 5) is 11.2. The van der Waals surface area contributed by atoms with Crippen LogP contribution < -0.4 is 0 Å². The first-order chi connectivity index (χ1) is 8.18. The summed E-state index contributed by atoms with van der Waals surface area (Å²) in [6, 6.07) is 2.01. The number of carbonyl (C=O) groups is 1. The van der Waals surface area contributed by atoms with Crippen molar-refractivity contribution in [3.63, 3.8) is 0 Å². The van der Waals surface area contributed by atoms with E-state index in [-0.39, 0.29) is 5.92 Å². The maximum absolute atomic E-state index is 11.2. The van der Waals surface area contributed by atoms with E-state index in [1.54, 1.807) is 6.20 Å². The summed E-state index contributed by atoms with van der Waals surface area (Å²) in [6.07, 6.45) is 7.87. The van der Waals surface area contributed by atoms with Crippen LogP contribution in [-0.2, 0) is 18.3 Å². The Hall–Kier alpha value is -1.32. The molecule has 0 bridgehead atoms. The molecule has 1 N–H and O–H groups in total. The Balaban J connectivity index is 1.92. The fourth-order valence-corrected chi connectivity index (χ4v) is 2.86. The van der Waals surface area contributed by atoms with Crippen LogP contribution in [0.25, 0.3) is 0 Å². The van der Waals surface area contributed by atoms with Crippen LogP contribution in [0.15, 0.2) is 12.3 Å². The van der Waals surface area contributed by atoms with Crippen molar-refractivity contribution in [3.05, 3.63) is 18.0 Å². The van der Waals surface area contributed by atoms with E-state index < -0.39 is 5.97 Å². The Labute approximate surface area is 102 Å². The molecule has 0 spiro atoms. The Bertz CT molecular complexity index is 387. The predicted molar refractivity (Wildman–Crippen MR) is 64.6 cm³/mol. The van der Waals surface area contributed by atoms with Crippen molar-refractivity contribution in [2.75, 3.05) is 0 Å². The average Bonchev–Trinajstić information content (AvgIpc) is 2.72. The van der Waals surface area contributed by atoms with Gasteiger partial charge in [-0.2, -0.15) is 5.10 Å². The molecular formula is C13H20N2O2. The number of nitrogens with zero attached hydrogens (tertiary/aromatic N) is 2. The van der Waals surface area contributed by atoms with E-state index >= 15 is 0 Å². The number of rotatable bonds is 4. The van der Waals surface area contributed by atoms with Crippen molar-refractivity contribution < 1.29 is 9.90 Å². The first-order valence-electron chi connectivity index (χ1n) is 6.38. The van der Waals surface area contributed by atoms with E-state index in [4.69, 9.17) is 0 Å². The lowest BCUT2D eigenvalue weighted by atomic mass is 9.77. The molecule has 1 aliphatic carbocycles. The van der Waals surface area contributed by atoms with Gasteiger partial charge in [0, 0.05) is 18.9 Å². The van der Waals surface area contributed by atoms with Gasteiger partial charge in [-0.15, -0.1) is 0 Å². The SMILES string of the molecule is Cn1nccc1CCC1CCCCC1C(=O)O. The maximum atomic E-state index is 11.2. The van der Waals surface area contributed by atoms with Gasteiger partial charge in [0.25, 0.3) is 0 Å². The highest BCUT2D eigenvalue weighted by atomic mass is 16.4. The van der Waals surface area contributed by atoms with Crippen molar-refractivity contribution in [1.29, 1.82) is 0 Å². The summed E-state index contributed by atoms with van der Waals surface area (Å²) in [5.41, 5.74) is 1.19. The smallest absolute Gasteiger partial charge is 0.306 e. The van der Waals surface area contributed by atoms with Crippen LogP contribution in [0.3, 0.4) is 0 Å². The topological polar surface area (TPSA) is 55.1 Å². The summed E-state index contributed by atoms with van der Waals surface area (Å²) in [7, 11) is 1.94. The molecule has 2 atom stereocenters. The van der Waals surface area contributed by atoms with Gasteiger partial charge in [-0.1, -0.05) is 12.8 Å². The lowest BCUT2D eigenvalue weighted by Gasteiger charge is -2.28. The lowest BCUT2D eigenvalue weighted by Crippen LogP contribution is -2.27. The molecule has 0 saturated heterocycles. The lowest BCUT2D eigenvalue weighted by molar-refractivity contribution is -0.145. The first-order valence-corrected chi connectivity index (χ1v) is 6.38. The molecule has 0 aromatic carbocycles. The number of carboxylic acids is 1. The number of aryl methyl sites for hydroxylation is 2. The minimum Gasteiger partial charge on any atom is -0.481 e. The summed E-state index contributed by atoms with van der Waals surface area (Å²) in [6.45, 7) is 0. The third-order valence-corrected chi connectivity index (χ3v) is 3.92. The summed E-state index contributed by atoms with van der Waals surface area (Å²) >= 11 is 0. The molecule has 1 heterocycles. The number of hydrogen-bond donors (Lipinski definition) is 1. The third-order valence-electron chi connectivity index (χ3n) is 3.92. The standard InChI is InChI=1S/C13H20N2O2/c1-15-11(8-9-14-15)7-6-10-4-2-3-5-12(10)13(16)17/h8-10,12H,2-7H2,1H3,(H,16,17). The Morgan fingerprint density at radius 3 is 2.94 bits per heavy atom. The highest BCUT2D eigenvalue weighted by Crippen LogP contribution is 2.33. The van der Waals surface area contributed by atoms with E-state index in [1.165, 1.54) is 12.1 Å². The average molecular weight is 236 g/mol. The van der Waals surface area contributed by atoms with Crippen LogP contribution in [0.1, 0.15) is 37.8 Å². The van der Waals surface area contributed by atoms with Crippen molar-refractivity contribution in [2.45, 2.75) is 38.5 Å². The molecule has 1 aromatic rings. The highest BCUT2D eigenvalue weighted by molar-refractivity contribution is 5.70. The van der Waals surface area contributed by atoms with Crippen LogP contribution >= 0.6 is 0 Å². The monoisotopic (exact) mass is 236 g/mol. The van der Waals surface area contributed by atoms with Crippen molar-refractivity contribution in [2.24, 2.45) is 18.9 Å². The fourth-order valence-electron chi connectivity index (χ4n) is 2.86. The van der Waals surface area contributed by atoms with E-state index in [0.29, 0.717) is 5.92 Å². The van der Waals surface area contributed by atoms with Gasteiger partial charge in [0.05, 0.1) is 5.92 Å². The molecule has 0 amide bonds. The summed E-state index contributed by atoms with van der Waals surface area (Å²) in [5, 5.41) is 13.3. The van der Waals surface area contributed by atoms with Gasteiger partial charge in [-0.25, -0.2) is 0 Å². The molecule has 4 nitrogen and oxygen atoms in total. The van der Waals surface area contributed by atoms with E-state index in [1.807, 2.05) is 17.8 Å². The van der Waals surface area contributed by atoms with Crippen molar-refractivity contribution in [1.82, 2.24) is 9.78 Å². The van der Waals surface area contributed by atoms with Crippen LogP contribution in [0.5, 0.6) is 0 Å². The first kappa shape index (κ1) is 12.1. The second-order valence-corrected chi connectivity index (χ2v) is 4.97. The van der Waals surface area contributed by atoms with Crippen LogP contribution in [0.4, 0.5) is 0 Å². The third kappa shape index (κ3) is 2.87. The molecule has 17 heavy (non-hydrogen) atoms. The molecule has 2 rings (SSSR count). The Morgan fingerprint density at radius 2 is 2.29 bits per heavy atom. The zero-order valence-corrected chi connectivity index (χ0v) is 10.3. The molecular weight excluding hydrogens is 216 g/mol. The predicted octanol–water partition coefficient (Wildman–Crippen LogP) is 2.24. The zero-order chi connectivity index (χ0) is 12.3. The van der Waals surface area contributed by atoms with Crippen LogP contribution in [0.2, 0.25) is 0 Å². The van der Waals surface area contributed by atoms with E-state index in [0.717, 1.165) is 32.1 Å². The normalized spacial score (nSPS) is 24.8. The Morgan fingerprint density at radius 1 is 1.53 bits per heavy atom. The summed E-state index contributed by atoms with van der Waals surface area (Å²) < 4.78 is 1.87. The number of aromatic nitrogens is 2. The summed E-state index contributed by atoms with van der Waals surface area (Å²) in [5.74, 6) is -0.396. The molecule has 0 aliphatic heterocycles. The van der Waals surface area contributed by atoms with Crippen LogP contribution in [0, 0.1) is 11.8 Å². The van der Waals surface area contributed by atoms with Gasteiger partial charge in [0.1, 0.15) is 0 Å².